The average molecular weight is 371 g/mol. The highest BCUT2D eigenvalue weighted by atomic mass is 16.5. The topological polar surface area (TPSA) is 78.4 Å². The van der Waals surface area contributed by atoms with Gasteiger partial charge in [-0.1, -0.05) is 13.8 Å². The zero-order valence-electron chi connectivity index (χ0n) is 16.8. The van der Waals surface area contributed by atoms with Crippen molar-refractivity contribution in [2.24, 2.45) is 16.3 Å². The van der Waals surface area contributed by atoms with E-state index in [4.69, 9.17) is 9.47 Å². The molecule has 152 valence electrons. The first kappa shape index (κ1) is 21.4. The van der Waals surface area contributed by atoms with E-state index < -0.39 is 0 Å². The molecule has 2 saturated heterocycles. The van der Waals surface area contributed by atoms with Crippen LogP contribution in [-0.4, -0.2) is 88.3 Å². The van der Waals surface area contributed by atoms with Crippen LogP contribution in [0.4, 0.5) is 0 Å². The lowest BCUT2D eigenvalue weighted by Gasteiger charge is -2.36. The van der Waals surface area contributed by atoms with Crippen LogP contribution in [0.5, 0.6) is 0 Å². The lowest BCUT2D eigenvalue weighted by atomic mass is 9.84. The molecule has 2 unspecified atom stereocenters. The van der Waals surface area contributed by atoms with Crippen LogP contribution < -0.4 is 10.6 Å². The van der Waals surface area contributed by atoms with Crippen molar-refractivity contribution in [3.05, 3.63) is 0 Å². The summed E-state index contributed by atoms with van der Waals surface area (Å²) in [5, 5.41) is 16.3. The molecule has 7 heteroatoms. The molecule has 2 aliphatic rings. The van der Waals surface area contributed by atoms with Crippen LogP contribution >= 0.6 is 0 Å². The first-order chi connectivity index (χ1) is 12.6. The maximum atomic E-state index is 9.37. The van der Waals surface area contributed by atoms with Gasteiger partial charge in [0.1, 0.15) is 0 Å². The third-order valence-corrected chi connectivity index (χ3v) is 5.49. The number of aliphatic hydroxyl groups excluding tert-OH is 1. The summed E-state index contributed by atoms with van der Waals surface area (Å²) in [5.74, 6) is 1.49. The largest absolute Gasteiger partial charge is 0.396 e. The second-order valence-electron chi connectivity index (χ2n) is 8.01. The highest BCUT2D eigenvalue weighted by Crippen LogP contribution is 2.31. The minimum Gasteiger partial charge on any atom is -0.396 e. The fourth-order valence-corrected chi connectivity index (χ4v) is 3.87. The van der Waals surface area contributed by atoms with Gasteiger partial charge in [0, 0.05) is 57.9 Å². The number of hydrogen-bond acceptors (Lipinski definition) is 5. The van der Waals surface area contributed by atoms with Crippen LogP contribution in [0.2, 0.25) is 0 Å². The van der Waals surface area contributed by atoms with Crippen LogP contribution in [0.1, 0.15) is 33.1 Å². The average Bonchev–Trinajstić information content (AvgIpc) is 3.10. The van der Waals surface area contributed by atoms with Gasteiger partial charge in [-0.3, -0.25) is 9.89 Å². The Kier molecular flexibility index (Phi) is 9.11. The molecule has 0 aromatic rings. The SMILES string of the molecule is CN=C(NCC(CC(C)C)N1CCOCC1)NCC1(CCO)CCOC1. The fraction of sp³-hybridized carbons (Fsp3) is 0.947. The van der Waals surface area contributed by atoms with Crippen LogP contribution in [0.15, 0.2) is 4.99 Å². The predicted molar refractivity (Wildman–Crippen MR) is 105 cm³/mol. The van der Waals surface area contributed by atoms with Crippen molar-refractivity contribution in [3.8, 4) is 0 Å². The summed E-state index contributed by atoms with van der Waals surface area (Å²) in [6.45, 7) is 11.5. The van der Waals surface area contributed by atoms with Crippen molar-refractivity contribution < 1.29 is 14.6 Å². The monoisotopic (exact) mass is 370 g/mol. The smallest absolute Gasteiger partial charge is 0.191 e. The summed E-state index contributed by atoms with van der Waals surface area (Å²) < 4.78 is 11.1. The second kappa shape index (κ2) is 11.1. The van der Waals surface area contributed by atoms with Gasteiger partial charge in [-0.15, -0.1) is 0 Å². The molecular formula is C19H38N4O3. The zero-order chi connectivity index (χ0) is 18.8. The molecule has 2 aliphatic heterocycles. The molecule has 3 N–H and O–H groups in total. The summed E-state index contributed by atoms with van der Waals surface area (Å²) in [4.78, 5) is 6.91. The third-order valence-electron chi connectivity index (χ3n) is 5.49. The Morgan fingerprint density at radius 1 is 1.19 bits per heavy atom. The number of nitrogens with one attached hydrogen (secondary N) is 2. The van der Waals surface area contributed by atoms with Crippen molar-refractivity contribution >= 4 is 5.96 Å². The van der Waals surface area contributed by atoms with Crippen molar-refractivity contribution in [2.45, 2.75) is 39.2 Å². The van der Waals surface area contributed by atoms with E-state index in [9.17, 15) is 5.11 Å². The van der Waals surface area contributed by atoms with Gasteiger partial charge in [-0.05, 0) is 25.2 Å². The van der Waals surface area contributed by atoms with Gasteiger partial charge in [0.15, 0.2) is 5.96 Å². The lowest BCUT2D eigenvalue weighted by Crippen LogP contribution is -2.52. The normalized spacial score (nSPS) is 26.3. The molecule has 0 aliphatic carbocycles. The summed E-state index contributed by atoms with van der Waals surface area (Å²) in [7, 11) is 1.81. The molecule has 2 heterocycles. The Bertz CT molecular complexity index is 419. The standard InChI is InChI=1S/C19H38N4O3/c1-16(2)12-17(23-6-10-25-11-7-23)13-21-18(20-3)22-14-19(4-8-24)5-9-26-15-19/h16-17,24H,4-15H2,1-3H3,(H2,20,21,22). The summed E-state index contributed by atoms with van der Waals surface area (Å²) in [5.41, 5.74) is 0.0217. The van der Waals surface area contributed by atoms with Gasteiger partial charge in [0.05, 0.1) is 19.8 Å². The lowest BCUT2D eigenvalue weighted by molar-refractivity contribution is 0.0132. The molecule has 0 aromatic carbocycles. The quantitative estimate of drug-likeness (QED) is 0.409. The number of ether oxygens (including phenoxy) is 2. The van der Waals surface area contributed by atoms with Crippen molar-refractivity contribution in [2.75, 3.05) is 66.3 Å². The first-order valence-electron chi connectivity index (χ1n) is 10.0. The van der Waals surface area contributed by atoms with Gasteiger partial charge in [0.2, 0.25) is 0 Å². The highest BCUT2D eigenvalue weighted by molar-refractivity contribution is 5.79. The van der Waals surface area contributed by atoms with Gasteiger partial charge in [-0.25, -0.2) is 0 Å². The molecular weight excluding hydrogens is 332 g/mol. The molecule has 0 spiro atoms. The van der Waals surface area contributed by atoms with E-state index >= 15 is 0 Å². The molecule has 0 radical (unpaired) electrons. The Balaban J connectivity index is 1.84. The molecule has 0 saturated carbocycles. The summed E-state index contributed by atoms with van der Waals surface area (Å²) >= 11 is 0. The van der Waals surface area contributed by atoms with E-state index in [-0.39, 0.29) is 12.0 Å². The molecule has 0 aromatic heterocycles. The number of morpholine rings is 1. The van der Waals surface area contributed by atoms with Gasteiger partial charge >= 0.3 is 0 Å². The Morgan fingerprint density at radius 2 is 1.96 bits per heavy atom. The Hall–Kier alpha value is -0.890. The number of nitrogens with zero attached hydrogens (tertiary/aromatic N) is 2. The molecule has 2 rings (SSSR count). The van der Waals surface area contributed by atoms with E-state index in [1.807, 2.05) is 7.05 Å². The second-order valence-corrected chi connectivity index (χ2v) is 8.01. The summed E-state index contributed by atoms with van der Waals surface area (Å²) in [6, 6.07) is 0.485. The number of hydrogen-bond donors (Lipinski definition) is 3. The number of rotatable bonds is 9. The van der Waals surface area contributed by atoms with E-state index in [0.29, 0.717) is 18.6 Å². The molecule has 2 atom stereocenters. The molecule has 0 amide bonds. The Labute approximate surface area is 158 Å². The maximum absolute atomic E-state index is 9.37. The van der Waals surface area contributed by atoms with Gasteiger partial charge in [0.25, 0.3) is 0 Å². The minimum absolute atomic E-state index is 0.0217. The number of aliphatic hydroxyl groups is 1. The van der Waals surface area contributed by atoms with Crippen molar-refractivity contribution in [1.29, 1.82) is 0 Å². The minimum atomic E-state index is 0.0217. The van der Waals surface area contributed by atoms with Crippen LogP contribution in [0.25, 0.3) is 0 Å². The maximum Gasteiger partial charge on any atom is 0.191 e. The van der Waals surface area contributed by atoms with E-state index in [1.165, 1.54) is 0 Å². The fourth-order valence-electron chi connectivity index (χ4n) is 3.87. The van der Waals surface area contributed by atoms with Crippen molar-refractivity contribution in [1.82, 2.24) is 15.5 Å². The van der Waals surface area contributed by atoms with Crippen LogP contribution in [-0.2, 0) is 9.47 Å². The zero-order valence-corrected chi connectivity index (χ0v) is 16.8. The van der Waals surface area contributed by atoms with Gasteiger partial charge in [-0.2, -0.15) is 0 Å². The third kappa shape index (κ3) is 6.68. The summed E-state index contributed by atoms with van der Waals surface area (Å²) in [6.07, 6.45) is 2.91. The number of aliphatic imine (C=N–C) groups is 1. The molecule has 0 bridgehead atoms. The van der Waals surface area contributed by atoms with E-state index in [2.05, 4.69) is 34.4 Å². The van der Waals surface area contributed by atoms with Crippen LogP contribution in [0, 0.1) is 11.3 Å². The molecule has 26 heavy (non-hydrogen) atoms. The van der Waals surface area contributed by atoms with Gasteiger partial charge < -0.3 is 25.2 Å². The molecule has 2 fully saturated rings. The van der Waals surface area contributed by atoms with Crippen LogP contribution in [0.3, 0.4) is 0 Å². The molecule has 7 nitrogen and oxygen atoms in total. The highest BCUT2D eigenvalue weighted by Gasteiger charge is 2.34. The van der Waals surface area contributed by atoms with E-state index in [0.717, 1.165) is 71.2 Å². The predicted octanol–water partition coefficient (Wildman–Crippen LogP) is 0.687. The van der Waals surface area contributed by atoms with E-state index in [1.54, 1.807) is 0 Å². The van der Waals surface area contributed by atoms with Crippen molar-refractivity contribution in [3.63, 3.8) is 0 Å². The first-order valence-corrected chi connectivity index (χ1v) is 10.0. The Morgan fingerprint density at radius 3 is 2.54 bits per heavy atom. The number of guanidine groups is 1.